The van der Waals surface area contributed by atoms with Crippen LogP contribution in [0.5, 0.6) is 0 Å². The quantitative estimate of drug-likeness (QED) is 0.356. The van der Waals surface area contributed by atoms with Gasteiger partial charge in [-0.25, -0.2) is 9.38 Å². The van der Waals surface area contributed by atoms with Crippen LogP contribution in [-0.4, -0.2) is 38.0 Å². The van der Waals surface area contributed by atoms with Crippen LogP contribution in [0, 0.1) is 5.82 Å². The Morgan fingerprint density at radius 1 is 1.14 bits per heavy atom. The number of aliphatic imine (C=N–C) groups is 1. The highest BCUT2D eigenvalue weighted by molar-refractivity contribution is 14.0. The molecule has 0 saturated heterocycles. The van der Waals surface area contributed by atoms with Gasteiger partial charge in [0.25, 0.3) is 0 Å². The largest absolute Gasteiger partial charge is 0.357 e. The monoisotopic (exact) mass is 422 g/mol. The normalized spacial score (nSPS) is 10.6. The molecule has 0 spiro atoms. The average molecular weight is 422 g/mol. The molecule has 1 amide bonds. The number of hydrogen-bond acceptors (Lipinski definition) is 2. The number of halogens is 2. The zero-order valence-electron chi connectivity index (χ0n) is 13.0. The molecule has 0 aliphatic heterocycles. The van der Waals surface area contributed by atoms with E-state index in [-0.39, 0.29) is 42.2 Å². The molecule has 5 nitrogen and oxygen atoms in total. The maximum atomic E-state index is 13.5. The van der Waals surface area contributed by atoms with Crippen molar-refractivity contribution in [3.8, 4) is 0 Å². The minimum absolute atomic E-state index is 0. The molecule has 0 aromatic heterocycles. The number of amides is 1. The summed E-state index contributed by atoms with van der Waals surface area (Å²) in [5.41, 5.74) is 0.657. The van der Waals surface area contributed by atoms with E-state index in [1.54, 1.807) is 12.1 Å². The standard InChI is InChI=1S/C15H23FN4O.HI/c1-3-17-14(21)11-20-15(18-4-2)19-10-9-12-7-5-6-8-13(12)16;/h5-8H,3-4,9-11H2,1-2H3,(H,17,21)(H2,18,19,20);1H. The topological polar surface area (TPSA) is 65.5 Å². The summed E-state index contributed by atoms with van der Waals surface area (Å²) >= 11 is 0. The molecule has 1 aromatic rings. The van der Waals surface area contributed by atoms with E-state index >= 15 is 0 Å². The van der Waals surface area contributed by atoms with Gasteiger partial charge >= 0.3 is 0 Å². The highest BCUT2D eigenvalue weighted by Crippen LogP contribution is 2.05. The first kappa shape index (κ1) is 20.6. The number of rotatable bonds is 7. The van der Waals surface area contributed by atoms with Gasteiger partial charge in [0.2, 0.25) is 5.91 Å². The summed E-state index contributed by atoms with van der Waals surface area (Å²) in [6.07, 6.45) is 0.554. The van der Waals surface area contributed by atoms with Crippen LogP contribution in [0.15, 0.2) is 29.3 Å². The maximum absolute atomic E-state index is 13.5. The Morgan fingerprint density at radius 2 is 1.82 bits per heavy atom. The molecule has 1 aromatic carbocycles. The van der Waals surface area contributed by atoms with Gasteiger partial charge < -0.3 is 16.0 Å². The lowest BCUT2D eigenvalue weighted by atomic mass is 10.1. The number of likely N-dealkylation sites (N-methyl/N-ethyl adjacent to an activating group) is 1. The number of carbonyl (C=O) groups excluding carboxylic acids is 1. The summed E-state index contributed by atoms with van der Waals surface area (Å²) in [5.74, 6) is 0.229. The van der Waals surface area contributed by atoms with Gasteiger partial charge in [-0.3, -0.25) is 4.79 Å². The van der Waals surface area contributed by atoms with Gasteiger partial charge in [-0.2, -0.15) is 0 Å². The molecule has 1 rings (SSSR count). The predicted molar refractivity (Wildman–Crippen MR) is 98.2 cm³/mol. The fourth-order valence-electron chi connectivity index (χ4n) is 1.76. The van der Waals surface area contributed by atoms with Crippen molar-refractivity contribution < 1.29 is 9.18 Å². The molecule has 0 atom stereocenters. The Morgan fingerprint density at radius 3 is 2.45 bits per heavy atom. The summed E-state index contributed by atoms with van der Waals surface area (Å²) in [6, 6.07) is 6.69. The second kappa shape index (κ2) is 12.2. The molecule has 0 saturated carbocycles. The molecule has 0 aliphatic carbocycles. The Hall–Kier alpha value is -1.38. The molecule has 22 heavy (non-hydrogen) atoms. The fraction of sp³-hybridized carbons (Fsp3) is 0.467. The number of hydrogen-bond donors (Lipinski definition) is 3. The van der Waals surface area contributed by atoms with E-state index in [4.69, 9.17) is 0 Å². The Kier molecular flexibility index (Phi) is 11.4. The van der Waals surface area contributed by atoms with Crippen LogP contribution in [0.4, 0.5) is 4.39 Å². The van der Waals surface area contributed by atoms with Crippen LogP contribution in [0.3, 0.4) is 0 Å². The predicted octanol–water partition coefficient (Wildman–Crippen LogP) is 1.68. The Labute approximate surface area is 148 Å². The van der Waals surface area contributed by atoms with Gasteiger partial charge in [0, 0.05) is 19.6 Å². The zero-order chi connectivity index (χ0) is 15.5. The molecule has 7 heteroatoms. The molecular weight excluding hydrogens is 398 g/mol. The van der Waals surface area contributed by atoms with Gasteiger partial charge in [-0.05, 0) is 31.9 Å². The van der Waals surface area contributed by atoms with Crippen LogP contribution in [0.1, 0.15) is 19.4 Å². The maximum Gasteiger partial charge on any atom is 0.241 e. The highest BCUT2D eigenvalue weighted by Gasteiger charge is 2.03. The second-order valence-electron chi connectivity index (χ2n) is 4.42. The van der Waals surface area contributed by atoms with E-state index in [0.29, 0.717) is 37.6 Å². The fourth-order valence-corrected chi connectivity index (χ4v) is 1.76. The summed E-state index contributed by atoms with van der Waals surface area (Å²) in [4.78, 5) is 15.5. The molecular formula is C15H24FIN4O. The second-order valence-corrected chi connectivity index (χ2v) is 4.42. The van der Waals surface area contributed by atoms with Gasteiger partial charge in [0.1, 0.15) is 12.4 Å². The molecule has 124 valence electrons. The number of benzene rings is 1. The van der Waals surface area contributed by atoms with Gasteiger partial charge in [0.15, 0.2) is 5.96 Å². The van der Waals surface area contributed by atoms with E-state index in [2.05, 4.69) is 20.9 Å². The van der Waals surface area contributed by atoms with Gasteiger partial charge in [-0.1, -0.05) is 18.2 Å². The van der Waals surface area contributed by atoms with Crippen molar-refractivity contribution in [2.75, 3.05) is 26.2 Å². The molecule has 0 aliphatic rings. The van der Waals surface area contributed by atoms with Crippen molar-refractivity contribution in [2.45, 2.75) is 20.3 Å². The van der Waals surface area contributed by atoms with Crippen molar-refractivity contribution in [2.24, 2.45) is 4.99 Å². The minimum Gasteiger partial charge on any atom is -0.357 e. The van der Waals surface area contributed by atoms with Crippen LogP contribution < -0.4 is 16.0 Å². The van der Waals surface area contributed by atoms with Crippen LogP contribution in [-0.2, 0) is 11.2 Å². The van der Waals surface area contributed by atoms with E-state index in [1.165, 1.54) is 6.07 Å². The number of guanidine groups is 1. The lowest BCUT2D eigenvalue weighted by Gasteiger charge is -2.11. The molecule has 0 heterocycles. The lowest BCUT2D eigenvalue weighted by Crippen LogP contribution is -2.39. The van der Waals surface area contributed by atoms with Crippen LogP contribution in [0.2, 0.25) is 0 Å². The van der Waals surface area contributed by atoms with Crippen molar-refractivity contribution in [3.63, 3.8) is 0 Å². The summed E-state index contributed by atoms with van der Waals surface area (Å²) in [7, 11) is 0. The van der Waals surface area contributed by atoms with Crippen molar-refractivity contribution >= 4 is 35.8 Å². The van der Waals surface area contributed by atoms with Gasteiger partial charge in [-0.15, -0.1) is 24.0 Å². The van der Waals surface area contributed by atoms with Crippen LogP contribution in [0.25, 0.3) is 0 Å². The summed E-state index contributed by atoms with van der Waals surface area (Å²) < 4.78 is 13.5. The molecule has 0 fully saturated rings. The lowest BCUT2D eigenvalue weighted by molar-refractivity contribution is -0.119. The van der Waals surface area contributed by atoms with Crippen molar-refractivity contribution in [1.82, 2.24) is 16.0 Å². The van der Waals surface area contributed by atoms with E-state index in [0.717, 1.165) is 0 Å². The summed E-state index contributed by atoms with van der Waals surface area (Å²) in [6.45, 7) is 5.71. The molecule has 3 N–H and O–H groups in total. The summed E-state index contributed by atoms with van der Waals surface area (Å²) in [5, 5.41) is 8.81. The Bertz CT molecular complexity index is 482. The first-order valence-electron chi connectivity index (χ1n) is 7.19. The minimum atomic E-state index is -0.205. The number of carbonyl (C=O) groups is 1. The number of nitrogens with zero attached hydrogens (tertiary/aromatic N) is 1. The first-order valence-corrected chi connectivity index (χ1v) is 7.19. The third kappa shape index (κ3) is 8.16. The van der Waals surface area contributed by atoms with E-state index in [1.807, 2.05) is 19.9 Å². The van der Waals surface area contributed by atoms with Crippen molar-refractivity contribution in [3.05, 3.63) is 35.6 Å². The third-order valence-electron chi connectivity index (χ3n) is 2.74. The van der Waals surface area contributed by atoms with Gasteiger partial charge in [0.05, 0.1) is 0 Å². The average Bonchev–Trinajstić information content (AvgIpc) is 2.47. The zero-order valence-corrected chi connectivity index (χ0v) is 15.3. The van der Waals surface area contributed by atoms with Crippen LogP contribution >= 0.6 is 24.0 Å². The van der Waals surface area contributed by atoms with E-state index < -0.39 is 0 Å². The Balaban J connectivity index is 0.00000441. The van der Waals surface area contributed by atoms with E-state index in [9.17, 15) is 9.18 Å². The highest BCUT2D eigenvalue weighted by atomic mass is 127. The first-order chi connectivity index (χ1) is 10.2. The number of nitrogens with one attached hydrogen (secondary N) is 3. The molecule has 0 radical (unpaired) electrons. The molecule has 0 unspecified atom stereocenters. The SMILES string of the molecule is CCNC(=O)CN=C(NCC)NCCc1ccccc1F.I. The van der Waals surface area contributed by atoms with Crippen molar-refractivity contribution in [1.29, 1.82) is 0 Å². The molecule has 0 bridgehead atoms. The smallest absolute Gasteiger partial charge is 0.241 e. The third-order valence-corrected chi connectivity index (χ3v) is 2.74.